The second kappa shape index (κ2) is 5.98. The zero-order valence-electron chi connectivity index (χ0n) is 8.99. The van der Waals surface area contributed by atoms with Gasteiger partial charge in [0.15, 0.2) is 0 Å². The molecule has 1 aromatic carbocycles. The van der Waals surface area contributed by atoms with Crippen LogP contribution < -0.4 is 5.32 Å². The number of benzene rings is 1. The summed E-state index contributed by atoms with van der Waals surface area (Å²) < 4.78 is 4.69. The third kappa shape index (κ3) is 3.56. The zero-order chi connectivity index (χ0) is 11.1. The molecule has 0 heterocycles. The third-order valence-corrected chi connectivity index (χ3v) is 1.96. The van der Waals surface area contributed by atoms with Gasteiger partial charge in [0.1, 0.15) is 0 Å². The first kappa shape index (κ1) is 11.5. The predicted molar refractivity (Wildman–Crippen MR) is 60.4 cm³/mol. The van der Waals surface area contributed by atoms with E-state index in [4.69, 9.17) is 0 Å². The molecule has 0 spiro atoms. The molecule has 0 aliphatic rings. The van der Waals surface area contributed by atoms with Crippen molar-refractivity contribution in [3.63, 3.8) is 0 Å². The zero-order valence-corrected chi connectivity index (χ0v) is 8.99. The van der Waals surface area contributed by atoms with E-state index in [1.165, 1.54) is 7.11 Å². The number of hydrogen-bond acceptors (Lipinski definition) is 3. The Morgan fingerprint density at radius 3 is 2.60 bits per heavy atom. The maximum absolute atomic E-state index is 11.4. The van der Waals surface area contributed by atoms with Crippen molar-refractivity contribution in [2.75, 3.05) is 20.7 Å². The Bertz CT molecular complexity index is 344. The number of rotatable bonds is 4. The highest BCUT2D eigenvalue weighted by atomic mass is 16.5. The molecule has 0 bridgehead atoms. The van der Waals surface area contributed by atoms with Crippen molar-refractivity contribution in [2.24, 2.45) is 0 Å². The molecule has 15 heavy (non-hydrogen) atoms. The van der Waals surface area contributed by atoms with Crippen molar-refractivity contribution in [2.45, 2.75) is 0 Å². The Balaban J connectivity index is 2.88. The summed E-state index contributed by atoms with van der Waals surface area (Å²) in [6.45, 7) is 0.502. The van der Waals surface area contributed by atoms with Gasteiger partial charge in [0.05, 0.1) is 12.7 Å². The number of carbonyl (C=O) groups is 1. The Morgan fingerprint density at radius 1 is 1.40 bits per heavy atom. The van der Waals surface area contributed by atoms with Gasteiger partial charge in [0.2, 0.25) is 0 Å². The fraction of sp³-hybridized carbons (Fsp3) is 0.250. The van der Waals surface area contributed by atoms with Crippen LogP contribution in [0.2, 0.25) is 0 Å². The first-order valence-electron chi connectivity index (χ1n) is 4.76. The van der Waals surface area contributed by atoms with Crippen LogP contribution >= 0.6 is 0 Å². The standard InChI is InChI=1S/C12H15NO2/c1-13-9-11(12(14)15-2)8-10-6-4-3-5-7-10/h3-8,13H,9H2,1-2H3/b11-8+. The molecule has 1 N–H and O–H groups in total. The smallest absolute Gasteiger partial charge is 0.335 e. The average Bonchev–Trinajstić information content (AvgIpc) is 2.29. The van der Waals surface area contributed by atoms with Gasteiger partial charge in [-0.1, -0.05) is 30.3 Å². The fourth-order valence-electron chi connectivity index (χ4n) is 1.25. The van der Waals surface area contributed by atoms with Gasteiger partial charge in [0.25, 0.3) is 0 Å². The lowest BCUT2D eigenvalue weighted by atomic mass is 10.1. The van der Waals surface area contributed by atoms with Crippen LogP contribution in [0, 0.1) is 0 Å². The maximum Gasteiger partial charge on any atom is 0.335 e. The van der Waals surface area contributed by atoms with Gasteiger partial charge in [-0.05, 0) is 18.7 Å². The molecule has 3 heteroatoms. The van der Waals surface area contributed by atoms with Crippen LogP contribution in [0.4, 0.5) is 0 Å². The van der Waals surface area contributed by atoms with Crippen molar-refractivity contribution in [3.05, 3.63) is 41.5 Å². The van der Waals surface area contributed by atoms with E-state index < -0.39 is 0 Å². The molecule has 0 aliphatic heterocycles. The molecule has 1 rings (SSSR count). The van der Waals surface area contributed by atoms with Crippen molar-refractivity contribution in [1.82, 2.24) is 5.32 Å². The molecular weight excluding hydrogens is 190 g/mol. The molecule has 0 unspecified atom stereocenters. The van der Waals surface area contributed by atoms with E-state index in [9.17, 15) is 4.79 Å². The van der Waals surface area contributed by atoms with Gasteiger partial charge in [-0.25, -0.2) is 4.79 Å². The second-order valence-electron chi connectivity index (χ2n) is 3.10. The highest BCUT2D eigenvalue weighted by molar-refractivity contribution is 5.94. The molecular formula is C12H15NO2. The molecule has 0 aliphatic carbocycles. The minimum Gasteiger partial charge on any atom is -0.466 e. The van der Waals surface area contributed by atoms with Crippen LogP contribution in [-0.2, 0) is 9.53 Å². The number of hydrogen-bond donors (Lipinski definition) is 1. The Labute approximate surface area is 89.8 Å². The monoisotopic (exact) mass is 205 g/mol. The van der Waals surface area contributed by atoms with E-state index in [0.717, 1.165) is 5.56 Å². The summed E-state index contributed by atoms with van der Waals surface area (Å²) in [6, 6.07) is 9.69. The summed E-state index contributed by atoms with van der Waals surface area (Å²) in [5.74, 6) is -0.298. The van der Waals surface area contributed by atoms with E-state index >= 15 is 0 Å². The van der Waals surface area contributed by atoms with Crippen LogP contribution in [0.15, 0.2) is 35.9 Å². The SMILES string of the molecule is CNC/C(=C\c1ccccc1)C(=O)OC. The predicted octanol–water partition coefficient (Wildman–Crippen LogP) is 1.46. The Morgan fingerprint density at radius 2 is 2.07 bits per heavy atom. The van der Waals surface area contributed by atoms with Crippen LogP contribution in [0.25, 0.3) is 6.08 Å². The number of carbonyl (C=O) groups excluding carboxylic acids is 1. The lowest BCUT2D eigenvalue weighted by molar-refractivity contribution is -0.136. The van der Waals surface area contributed by atoms with Gasteiger partial charge < -0.3 is 10.1 Å². The second-order valence-corrected chi connectivity index (χ2v) is 3.10. The fourth-order valence-corrected chi connectivity index (χ4v) is 1.25. The summed E-state index contributed by atoms with van der Waals surface area (Å²) in [4.78, 5) is 11.4. The number of ether oxygens (including phenoxy) is 1. The van der Waals surface area contributed by atoms with Crippen molar-refractivity contribution in [3.8, 4) is 0 Å². The van der Waals surface area contributed by atoms with Gasteiger partial charge in [0, 0.05) is 6.54 Å². The van der Waals surface area contributed by atoms with Gasteiger partial charge in [-0.2, -0.15) is 0 Å². The first-order valence-corrected chi connectivity index (χ1v) is 4.76. The lowest BCUT2D eigenvalue weighted by Gasteiger charge is -2.04. The summed E-state index contributed by atoms with van der Waals surface area (Å²) in [5, 5.41) is 2.93. The van der Waals surface area contributed by atoms with E-state index in [0.29, 0.717) is 12.1 Å². The minimum absolute atomic E-state index is 0.298. The molecule has 0 radical (unpaired) electrons. The number of methoxy groups -OCH3 is 1. The van der Waals surface area contributed by atoms with Gasteiger partial charge in [-0.3, -0.25) is 0 Å². The quantitative estimate of drug-likeness (QED) is 0.597. The van der Waals surface area contributed by atoms with Crippen molar-refractivity contribution >= 4 is 12.0 Å². The summed E-state index contributed by atoms with van der Waals surface area (Å²) in [6.07, 6.45) is 1.82. The molecule has 0 fully saturated rings. The molecule has 0 amide bonds. The molecule has 0 saturated heterocycles. The van der Waals surface area contributed by atoms with Crippen LogP contribution in [-0.4, -0.2) is 26.7 Å². The highest BCUT2D eigenvalue weighted by Crippen LogP contribution is 2.07. The molecule has 0 aromatic heterocycles. The largest absolute Gasteiger partial charge is 0.466 e. The Kier molecular flexibility index (Phi) is 4.57. The minimum atomic E-state index is -0.298. The number of esters is 1. The number of nitrogens with one attached hydrogen (secondary N) is 1. The highest BCUT2D eigenvalue weighted by Gasteiger charge is 2.07. The van der Waals surface area contributed by atoms with Gasteiger partial charge in [-0.15, -0.1) is 0 Å². The van der Waals surface area contributed by atoms with Crippen LogP contribution in [0.5, 0.6) is 0 Å². The van der Waals surface area contributed by atoms with E-state index in [1.54, 1.807) is 7.05 Å². The van der Waals surface area contributed by atoms with E-state index in [2.05, 4.69) is 10.1 Å². The summed E-state index contributed by atoms with van der Waals surface area (Å²) in [7, 11) is 3.18. The van der Waals surface area contributed by atoms with E-state index in [1.807, 2.05) is 36.4 Å². The normalized spacial score (nSPS) is 11.2. The van der Waals surface area contributed by atoms with E-state index in [-0.39, 0.29) is 5.97 Å². The molecule has 80 valence electrons. The average molecular weight is 205 g/mol. The molecule has 1 aromatic rings. The third-order valence-electron chi connectivity index (χ3n) is 1.96. The van der Waals surface area contributed by atoms with Crippen LogP contribution in [0.1, 0.15) is 5.56 Å². The number of likely N-dealkylation sites (N-methyl/N-ethyl adjacent to an activating group) is 1. The lowest BCUT2D eigenvalue weighted by Crippen LogP contribution is -2.17. The first-order chi connectivity index (χ1) is 7.27. The van der Waals surface area contributed by atoms with Crippen molar-refractivity contribution < 1.29 is 9.53 Å². The maximum atomic E-state index is 11.4. The van der Waals surface area contributed by atoms with Crippen LogP contribution in [0.3, 0.4) is 0 Å². The molecule has 3 nitrogen and oxygen atoms in total. The topological polar surface area (TPSA) is 38.3 Å². The summed E-state index contributed by atoms with van der Waals surface area (Å²) in [5.41, 5.74) is 1.61. The Hall–Kier alpha value is -1.61. The van der Waals surface area contributed by atoms with Gasteiger partial charge >= 0.3 is 5.97 Å². The van der Waals surface area contributed by atoms with Crippen molar-refractivity contribution in [1.29, 1.82) is 0 Å². The summed E-state index contributed by atoms with van der Waals surface area (Å²) >= 11 is 0. The molecule has 0 atom stereocenters. The molecule has 0 saturated carbocycles.